The zero-order valence-corrected chi connectivity index (χ0v) is 15.1. The van der Waals surface area contributed by atoms with E-state index in [-0.39, 0.29) is 12.4 Å². The van der Waals surface area contributed by atoms with Gasteiger partial charge in [0, 0.05) is 11.1 Å². The van der Waals surface area contributed by atoms with Crippen LogP contribution in [0, 0.1) is 6.92 Å². The summed E-state index contributed by atoms with van der Waals surface area (Å²) >= 11 is 1.53. The Hall–Kier alpha value is -2.67. The highest BCUT2D eigenvalue weighted by molar-refractivity contribution is 7.09. The van der Waals surface area contributed by atoms with Crippen molar-refractivity contribution in [3.8, 4) is 5.75 Å². The molecule has 1 aliphatic rings. The summed E-state index contributed by atoms with van der Waals surface area (Å²) in [7, 11) is 0. The fraction of sp³-hybridized carbons (Fsp3) is 0.278. The number of aliphatic imine (C=N–C) groups is 1. The van der Waals surface area contributed by atoms with E-state index in [0.717, 1.165) is 10.7 Å². The molecule has 7 heteroatoms. The van der Waals surface area contributed by atoms with Crippen LogP contribution < -0.4 is 5.32 Å². The molecule has 0 fully saturated rings. The zero-order chi connectivity index (χ0) is 18.0. The molecule has 0 saturated heterocycles. The Morgan fingerprint density at radius 1 is 1.40 bits per heavy atom. The van der Waals surface area contributed by atoms with Gasteiger partial charge in [-0.1, -0.05) is 12.1 Å². The maximum atomic E-state index is 12.5. The zero-order valence-electron chi connectivity index (χ0n) is 14.2. The summed E-state index contributed by atoms with van der Waals surface area (Å²) in [4.78, 5) is 21.6. The molecule has 1 unspecified atom stereocenters. The van der Waals surface area contributed by atoms with Gasteiger partial charge in [-0.15, -0.1) is 11.3 Å². The Bertz CT molecular complexity index is 870. The second-order valence-corrected chi connectivity index (χ2v) is 6.67. The van der Waals surface area contributed by atoms with E-state index in [1.54, 1.807) is 25.1 Å². The maximum absolute atomic E-state index is 12.5. The summed E-state index contributed by atoms with van der Waals surface area (Å²) in [6, 6.07) is 6.18. The van der Waals surface area contributed by atoms with Crippen LogP contribution in [0.2, 0.25) is 0 Å². The minimum Gasteiger partial charge on any atom is -0.508 e. The number of aryl methyl sites for hydroxylation is 1. The topological polar surface area (TPSA) is 83.8 Å². The van der Waals surface area contributed by atoms with Crippen LogP contribution in [-0.2, 0) is 9.53 Å². The number of nitrogens with zero attached hydrogens (tertiary/aromatic N) is 2. The number of hydrogen-bond acceptors (Lipinski definition) is 7. The molecule has 1 aliphatic heterocycles. The van der Waals surface area contributed by atoms with Gasteiger partial charge in [0.25, 0.3) is 0 Å². The van der Waals surface area contributed by atoms with Crippen molar-refractivity contribution in [3.63, 3.8) is 0 Å². The predicted molar refractivity (Wildman–Crippen MR) is 96.7 cm³/mol. The molecule has 0 aliphatic carbocycles. The smallest absolute Gasteiger partial charge is 0.338 e. The van der Waals surface area contributed by atoms with Gasteiger partial charge in [-0.2, -0.15) is 0 Å². The lowest BCUT2D eigenvalue weighted by Crippen LogP contribution is -2.33. The van der Waals surface area contributed by atoms with Crippen LogP contribution in [0.1, 0.15) is 36.2 Å². The number of phenolic OH excluding ortho intramolecular Hbond substituents is 1. The van der Waals surface area contributed by atoms with Crippen LogP contribution >= 0.6 is 11.3 Å². The standard InChI is InChI=1S/C18H19N3O3S/c1-4-24-18(23)15-10(2)19-17(14-9-25-11(3)20-14)21-16(15)12-6-5-7-13(22)8-12/h5-9,16,22H,4H2,1-3H3,(H,19,21). The first-order chi connectivity index (χ1) is 12.0. The van der Waals surface area contributed by atoms with Gasteiger partial charge in [0.15, 0.2) is 5.84 Å². The number of esters is 1. The van der Waals surface area contributed by atoms with E-state index in [1.807, 2.05) is 25.3 Å². The number of hydrogen-bond donors (Lipinski definition) is 2. The number of aromatic hydroxyl groups is 1. The molecule has 1 atom stereocenters. The molecule has 0 amide bonds. The highest BCUT2D eigenvalue weighted by atomic mass is 32.1. The first kappa shape index (κ1) is 17.2. The molecule has 0 radical (unpaired) electrons. The van der Waals surface area contributed by atoms with Crippen LogP contribution in [0.15, 0.2) is 45.9 Å². The van der Waals surface area contributed by atoms with Crippen molar-refractivity contribution in [2.45, 2.75) is 26.8 Å². The summed E-state index contributed by atoms with van der Waals surface area (Å²) < 4.78 is 5.20. The van der Waals surface area contributed by atoms with Gasteiger partial charge >= 0.3 is 5.97 Å². The van der Waals surface area contributed by atoms with Crippen molar-refractivity contribution in [2.75, 3.05) is 6.61 Å². The molecule has 0 saturated carbocycles. The first-order valence-electron chi connectivity index (χ1n) is 7.93. The number of amidine groups is 1. The van der Waals surface area contributed by atoms with E-state index < -0.39 is 12.0 Å². The molecule has 2 heterocycles. The van der Waals surface area contributed by atoms with Gasteiger partial charge in [-0.05, 0) is 38.5 Å². The molecular formula is C18H19N3O3S. The average molecular weight is 357 g/mol. The van der Waals surface area contributed by atoms with Gasteiger partial charge in [-0.25, -0.2) is 9.78 Å². The van der Waals surface area contributed by atoms with Crippen molar-refractivity contribution >= 4 is 23.1 Å². The van der Waals surface area contributed by atoms with Gasteiger partial charge in [0.1, 0.15) is 17.5 Å². The Morgan fingerprint density at radius 2 is 2.20 bits per heavy atom. The molecule has 25 heavy (non-hydrogen) atoms. The van der Waals surface area contributed by atoms with Crippen LogP contribution in [0.4, 0.5) is 0 Å². The highest BCUT2D eigenvalue weighted by Gasteiger charge is 2.31. The number of ether oxygens (including phenoxy) is 1. The van der Waals surface area contributed by atoms with Gasteiger partial charge < -0.3 is 15.2 Å². The first-order valence-corrected chi connectivity index (χ1v) is 8.81. The van der Waals surface area contributed by atoms with Crippen molar-refractivity contribution in [1.82, 2.24) is 10.3 Å². The molecule has 0 bridgehead atoms. The van der Waals surface area contributed by atoms with Crippen molar-refractivity contribution in [3.05, 3.63) is 57.2 Å². The van der Waals surface area contributed by atoms with Crippen LogP contribution in [-0.4, -0.2) is 28.5 Å². The minimum absolute atomic E-state index is 0.123. The van der Waals surface area contributed by atoms with E-state index in [1.165, 1.54) is 11.3 Å². The summed E-state index contributed by atoms with van der Waals surface area (Å²) in [6.07, 6.45) is 0. The number of phenols is 1. The molecule has 3 rings (SSSR count). The Labute approximate surface area is 149 Å². The lowest BCUT2D eigenvalue weighted by molar-refractivity contribution is -0.138. The van der Waals surface area contributed by atoms with E-state index in [0.29, 0.717) is 22.7 Å². The number of carbonyl (C=O) groups excluding carboxylic acids is 1. The normalized spacial score (nSPS) is 17.1. The van der Waals surface area contributed by atoms with Gasteiger partial charge in [0.2, 0.25) is 0 Å². The Kier molecular flexibility index (Phi) is 4.85. The van der Waals surface area contributed by atoms with E-state index >= 15 is 0 Å². The van der Waals surface area contributed by atoms with Gasteiger partial charge in [0.05, 0.1) is 17.2 Å². The molecule has 2 aromatic rings. The summed E-state index contributed by atoms with van der Waals surface area (Å²) in [5.74, 6) is 0.305. The van der Waals surface area contributed by atoms with Crippen molar-refractivity contribution in [2.24, 2.45) is 4.99 Å². The molecule has 130 valence electrons. The quantitative estimate of drug-likeness (QED) is 0.822. The Balaban J connectivity index is 2.08. The van der Waals surface area contributed by atoms with Gasteiger partial charge in [-0.3, -0.25) is 4.99 Å². The summed E-state index contributed by atoms with van der Waals surface area (Å²) in [5, 5.41) is 15.8. The number of carbonyl (C=O) groups is 1. The number of allylic oxidation sites excluding steroid dienone is 1. The fourth-order valence-corrected chi connectivity index (χ4v) is 3.29. The third kappa shape index (κ3) is 3.56. The van der Waals surface area contributed by atoms with Crippen LogP contribution in [0.3, 0.4) is 0 Å². The number of nitrogens with one attached hydrogen (secondary N) is 1. The summed E-state index contributed by atoms with van der Waals surface area (Å²) in [6.45, 7) is 5.79. The number of rotatable bonds is 4. The monoisotopic (exact) mass is 357 g/mol. The lowest BCUT2D eigenvalue weighted by atomic mass is 9.95. The summed E-state index contributed by atoms with van der Waals surface area (Å²) in [5.41, 5.74) is 2.55. The molecule has 1 aromatic carbocycles. The molecule has 1 aromatic heterocycles. The van der Waals surface area contributed by atoms with Crippen molar-refractivity contribution in [1.29, 1.82) is 0 Å². The number of thiazole rings is 1. The van der Waals surface area contributed by atoms with Crippen LogP contribution in [0.5, 0.6) is 5.75 Å². The van der Waals surface area contributed by atoms with E-state index in [4.69, 9.17) is 9.73 Å². The number of aromatic nitrogens is 1. The molecule has 2 N–H and O–H groups in total. The second-order valence-electron chi connectivity index (χ2n) is 5.61. The third-order valence-electron chi connectivity index (χ3n) is 3.78. The molecular weight excluding hydrogens is 338 g/mol. The SMILES string of the molecule is CCOC(=O)C1=C(C)NC(c2csc(C)n2)=NC1c1cccc(O)c1. The molecule has 0 spiro atoms. The van der Waals surface area contributed by atoms with Crippen molar-refractivity contribution < 1.29 is 14.6 Å². The fourth-order valence-electron chi connectivity index (χ4n) is 2.69. The lowest BCUT2D eigenvalue weighted by Gasteiger charge is -2.25. The predicted octanol–water partition coefficient (Wildman–Crippen LogP) is 3.09. The second kappa shape index (κ2) is 7.06. The third-order valence-corrected chi connectivity index (χ3v) is 4.56. The number of benzene rings is 1. The Morgan fingerprint density at radius 3 is 2.84 bits per heavy atom. The highest BCUT2D eigenvalue weighted by Crippen LogP contribution is 2.33. The average Bonchev–Trinajstić information content (AvgIpc) is 3.00. The minimum atomic E-state index is -0.565. The molecule has 6 nitrogen and oxygen atoms in total. The van der Waals surface area contributed by atoms with Crippen LogP contribution in [0.25, 0.3) is 0 Å². The van der Waals surface area contributed by atoms with E-state index in [2.05, 4.69) is 10.3 Å². The maximum Gasteiger partial charge on any atom is 0.338 e. The van der Waals surface area contributed by atoms with E-state index in [9.17, 15) is 9.90 Å². The largest absolute Gasteiger partial charge is 0.508 e.